The summed E-state index contributed by atoms with van der Waals surface area (Å²) in [5.74, 6) is 2.40. The van der Waals surface area contributed by atoms with E-state index in [-0.39, 0.29) is 0 Å². The van der Waals surface area contributed by atoms with Gasteiger partial charge in [0.15, 0.2) is 0 Å². The first-order chi connectivity index (χ1) is 9.49. The number of thioether (sulfide) groups is 1. The Balaban J connectivity index is 3.13. The summed E-state index contributed by atoms with van der Waals surface area (Å²) in [6.07, 6.45) is 0. The van der Waals surface area contributed by atoms with Crippen LogP contribution in [0.5, 0.6) is 0 Å². The molecule has 0 fully saturated rings. The van der Waals surface area contributed by atoms with Crippen LogP contribution in [0.3, 0.4) is 0 Å². The fraction of sp³-hybridized carbons (Fsp3) is 0.647. The normalized spacial score (nSPS) is 11.4. The van der Waals surface area contributed by atoms with Crippen molar-refractivity contribution in [3.63, 3.8) is 0 Å². The minimum Gasteiger partial charge on any atom is -0.371 e. The van der Waals surface area contributed by atoms with E-state index in [1.807, 2.05) is 11.8 Å². The van der Waals surface area contributed by atoms with E-state index in [2.05, 4.69) is 57.7 Å². The monoisotopic (exact) mass is 294 g/mol. The third kappa shape index (κ3) is 5.02. The maximum absolute atomic E-state index is 6.04. The molecule has 0 bridgehead atoms. The summed E-state index contributed by atoms with van der Waals surface area (Å²) in [4.78, 5) is 3.85. The Morgan fingerprint density at radius 1 is 1.10 bits per heavy atom. The van der Waals surface area contributed by atoms with Crippen molar-refractivity contribution in [3.05, 3.63) is 23.8 Å². The van der Waals surface area contributed by atoms with Crippen LogP contribution >= 0.6 is 11.8 Å². The Morgan fingerprint density at radius 3 is 2.15 bits per heavy atom. The predicted octanol–water partition coefficient (Wildman–Crippen LogP) is 4.38. The van der Waals surface area contributed by atoms with Crippen LogP contribution in [0.25, 0.3) is 0 Å². The molecule has 0 saturated heterocycles. The Hall–Kier alpha value is -0.670. The lowest BCUT2D eigenvalue weighted by Gasteiger charge is -2.31. The zero-order valence-corrected chi connectivity index (χ0v) is 14.5. The van der Waals surface area contributed by atoms with Crippen LogP contribution in [-0.2, 0) is 6.54 Å². The molecule has 114 valence electrons. The molecule has 0 atom stereocenters. The van der Waals surface area contributed by atoms with Gasteiger partial charge < -0.3 is 10.6 Å². The number of anilines is 1. The van der Waals surface area contributed by atoms with Gasteiger partial charge in [0.25, 0.3) is 0 Å². The van der Waals surface area contributed by atoms with E-state index in [0.29, 0.717) is 18.4 Å². The Morgan fingerprint density at radius 2 is 1.70 bits per heavy atom. The van der Waals surface area contributed by atoms with E-state index in [1.54, 1.807) is 0 Å². The SMILES string of the molecule is CCSc1cccc(N(CC(C)C)CC(C)C)c1CN. The predicted molar refractivity (Wildman–Crippen MR) is 92.6 cm³/mol. The molecular weight excluding hydrogens is 264 g/mol. The van der Waals surface area contributed by atoms with E-state index in [9.17, 15) is 0 Å². The molecule has 0 amide bonds. The standard InChI is InChI=1S/C17H30N2S/c1-6-20-17-9-7-8-16(15(17)10-18)19(11-13(2)3)12-14(4)5/h7-9,13-14H,6,10-12,18H2,1-5H3. The molecular formula is C17H30N2S. The molecule has 0 aliphatic heterocycles. The van der Waals surface area contributed by atoms with Crippen LogP contribution < -0.4 is 10.6 Å². The lowest BCUT2D eigenvalue weighted by atomic mass is 10.1. The summed E-state index contributed by atoms with van der Waals surface area (Å²) >= 11 is 1.89. The van der Waals surface area contributed by atoms with Gasteiger partial charge in [0.05, 0.1) is 0 Å². The van der Waals surface area contributed by atoms with Crippen LogP contribution in [0.1, 0.15) is 40.2 Å². The molecule has 0 spiro atoms. The number of hydrogen-bond acceptors (Lipinski definition) is 3. The van der Waals surface area contributed by atoms with Gasteiger partial charge in [-0.25, -0.2) is 0 Å². The van der Waals surface area contributed by atoms with Crippen molar-refractivity contribution >= 4 is 17.4 Å². The van der Waals surface area contributed by atoms with E-state index >= 15 is 0 Å². The number of hydrogen-bond donors (Lipinski definition) is 1. The van der Waals surface area contributed by atoms with Crippen molar-refractivity contribution < 1.29 is 0 Å². The number of rotatable bonds is 8. The number of benzene rings is 1. The molecule has 0 aliphatic rings. The molecule has 1 rings (SSSR count). The van der Waals surface area contributed by atoms with Crippen LogP contribution in [0.15, 0.2) is 23.1 Å². The van der Waals surface area contributed by atoms with Crippen LogP contribution in [0.4, 0.5) is 5.69 Å². The van der Waals surface area contributed by atoms with Crippen molar-refractivity contribution in [2.75, 3.05) is 23.7 Å². The quantitative estimate of drug-likeness (QED) is 0.722. The molecule has 0 unspecified atom stereocenters. The Labute approximate surface area is 129 Å². The average Bonchev–Trinajstić information content (AvgIpc) is 2.37. The van der Waals surface area contributed by atoms with Gasteiger partial charge >= 0.3 is 0 Å². The summed E-state index contributed by atoms with van der Waals surface area (Å²) in [5.41, 5.74) is 8.67. The van der Waals surface area contributed by atoms with Crippen molar-refractivity contribution in [2.24, 2.45) is 17.6 Å². The first kappa shape index (κ1) is 17.4. The maximum Gasteiger partial charge on any atom is 0.0423 e. The van der Waals surface area contributed by atoms with Crippen molar-refractivity contribution in [3.8, 4) is 0 Å². The van der Waals surface area contributed by atoms with Gasteiger partial charge in [0, 0.05) is 35.8 Å². The summed E-state index contributed by atoms with van der Waals surface area (Å²) in [6, 6.07) is 6.59. The second-order valence-corrected chi connectivity index (χ2v) is 7.39. The molecule has 2 nitrogen and oxygen atoms in total. The Bertz CT molecular complexity index is 392. The average molecular weight is 295 g/mol. The molecule has 0 heterocycles. The van der Waals surface area contributed by atoms with Gasteiger partial charge in [-0.1, -0.05) is 40.7 Å². The second-order valence-electron chi connectivity index (χ2n) is 6.08. The van der Waals surface area contributed by atoms with Crippen molar-refractivity contribution in [2.45, 2.75) is 46.1 Å². The minimum absolute atomic E-state index is 0.616. The van der Waals surface area contributed by atoms with Crippen LogP contribution in [-0.4, -0.2) is 18.8 Å². The van der Waals surface area contributed by atoms with Crippen LogP contribution in [0, 0.1) is 11.8 Å². The lowest BCUT2D eigenvalue weighted by molar-refractivity contribution is 0.551. The van der Waals surface area contributed by atoms with E-state index in [0.717, 1.165) is 18.8 Å². The summed E-state index contributed by atoms with van der Waals surface area (Å²) < 4.78 is 0. The summed E-state index contributed by atoms with van der Waals surface area (Å²) in [5, 5.41) is 0. The smallest absolute Gasteiger partial charge is 0.0423 e. The van der Waals surface area contributed by atoms with Gasteiger partial charge in [0.1, 0.15) is 0 Å². The zero-order chi connectivity index (χ0) is 15.1. The van der Waals surface area contributed by atoms with Crippen LogP contribution in [0.2, 0.25) is 0 Å². The Kier molecular flexibility index (Phi) is 7.46. The molecule has 1 aromatic rings. The molecule has 0 aliphatic carbocycles. The first-order valence-corrected chi connectivity index (χ1v) is 8.67. The molecule has 1 aromatic carbocycles. The molecule has 0 saturated carbocycles. The van der Waals surface area contributed by atoms with Gasteiger partial charge in [-0.2, -0.15) is 0 Å². The van der Waals surface area contributed by atoms with E-state index in [4.69, 9.17) is 5.73 Å². The minimum atomic E-state index is 0.616. The van der Waals surface area contributed by atoms with E-state index in [1.165, 1.54) is 16.1 Å². The lowest BCUT2D eigenvalue weighted by Crippen LogP contribution is -2.32. The molecule has 2 N–H and O–H groups in total. The largest absolute Gasteiger partial charge is 0.371 e. The molecule has 0 aromatic heterocycles. The topological polar surface area (TPSA) is 29.3 Å². The van der Waals surface area contributed by atoms with Gasteiger partial charge in [-0.3, -0.25) is 0 Å². The highest BCUT2D eigenvalue weighted by molar-refractivity contribution is 7.99. The fourth-order valence-electron chi connectivity index (χ4n) is 2.50. The molecule has 0 radical (unpaired) electrons. The van der Waals surface area contributed by atoms with Gasteiger partial charge in [-0.05, 0) is 29.7 Å². The molecule has 3 heteroatoms. The highest BCUT2D eigenvalue weighted by Gasteiger charge is 2.15. The highest BCUT2D eigenvalue weighted by Crippen LogP contribution is 2.31. The number of nitrogens with two attached hydrogens (primary N) is 1. The highest BCUT2D eigenvalue weighted by atomic mass is 32.2. The fourth-order valence-corrected chi connectivity index (χ4v) is 3.35. The van der Waals surface area contributed by atoms with E-state index < -0.39 is 0 Å². The van der Waals surface area contributed by atoms with Crippen molar-refractivity contribution in [1.82, 2.24) is 0 Å². The van der Waals surface area contributed by atoms with Crippen molar-refractivity contribution in [1.29, 1.82) is 0 Å². The third-order valence-electron chi connectivity index (χ3n) is 3.12. The second kappa shape index (κ2) is 8.58. The van der Waals surface area contributed by atoms with Gasteiger partial charge in [0.2, 0.25) is 0 Å². The summed E-state index contributed by atoms with van der Waals surface area (Å²) in [6.45, 7) is 14.1. The first-order valence-electron chi connectivity index (χ1n) is 7.69. The third-order valence-corrected chi connectivity index (χ3v) is 4.11. The summed E-state index contributed by atoms with van der Waals surface area (Å²) in [7, 11) is 0. The maximum atomic E-state index is 6.04. The number of nitrogens with zero attached hydrogens (tertiary/aromatic N) is 1. The molecule has 20 heavy (non-hydrogen) atoms. The zero-order valence-electron chi connectivity index (χ0n) is 13.6. The van der Waals surface area contributed by atoms with Gasteiger partial charge in [-0.15, -0.1) is 11.8 Å².